The molecule has 74 valence electrons. The lowest BCUT2D eigenvalue weighted by molar-refractivity contribution is 0.844. The molecule has 0 unspecified atom stereocenters. The Hall–Kier alpha value is -0.800. The summed E-state index contributed by atoms with van der Waals surface area (Å²) in [5.74, 6) is 0. The third kappa shape index (κ3) is 1.20. The number of aromatic nitrogens is 1. The highest BCUT2D eigenvalue weighted by Gasteiger charge is 2.12. The van der Waals surface area contributed by atoms with Gasteiger partial charge in [0.2, 0.25) is 0 Å². The quantitative estimate of drug-likeness (QED) is 0.832. The zero-order valence-corrected chi connectivity index (χ0v) is 9.93. The van der Waals surface area contributed by atoms with Crippen molar-refractivity contribution in [3.05, 3.63) is 33.9 Å². The second-order valence-corrected chi connectivity index (χ2v) is 4.29. The smallest absolute Gasteiger partial charge is 0.0494 e. The summed E-state index contributed by atoms with van der Waals surface area (Å²) >= 11 is 3.61. The number of hydrogen-bond donors (Lipinski definition) is 1. The Kier molecular flexibility index (Phi) is 2.37. The summed E-state index contributed by atoms with van der Waals surface area (Å²) in [5.41, 5.74) is 9.38. The lowest BCUT2D eigenvalue weighted by Gasteiger charge is -2.00. The molecule has 0 bridgehead atoms. The number of rotatable bonds is 1. The van der Waals surface area contributed by atoms with E-state index in [1.54, 1.807) is 0 Å². The van der Waals surface area contributed by atoms with E-state index >= 15 is 0 Å². The molecule has 0 saturated heterocycles. The second-order valence-electron chi connectivity index (χ2n) is 3.49. The largest absolute Gasteiger partial charge is 0.345 e. The van der Waals surface area contributed by atoms with Crippen LogP contribution in [0.4, 0.5) is 0 Å². The molecule has 2 nitrogen and oxygen atoms in total. The lowest BCUT2D eigenvalue weighted by Crippen LogP contribution is -2.03. The summed E-state index contributed by atoms with van der Waals surface area (Å²) in [7, 11) is 2.05. The van der Waals surface area contributed by atoms with E-state index in [9.17, 15) is 0 Å². The molecule has 0 atom stereocenters. The average molecular weight is 253 g/mol. The van der Waals surface area contributed by atoms with Gasteiger partial charge in [0.1, 0.15) is 0 Å². The fourth-order valence-corrected chi connectivity index (χ4v) is 2.82. The first-order valence-corrected chi connectivity index (χ1v) is 5.38. The number of nitrogens with two attached hydrogens (primary N) is 1. The fourth-order valence-electron chi connectivity index (χ4n) is 1.88. The topological polar surface area (TPSA) is 30.9 Å². The first-order chi connectivity index (χ1) is 6.66. The number of halogens is 1. The molecule has 0 saturated carbocycles. The molecule has 2 aromatic rings. The van der Waals surface area contributed by atoms with Gasteiger partial charge in [-0.2, -0.15) is 0 Å². The van der Waals surface area contributed by atoms with Crippen LogP contribution in [-0.2, 0) is 13.6 Å². The first-order valence-electron chi connectivity index (χ1n) is 4.59. The van der Waals surface area contributed by atoms with Gasteiger partial charge in [0.25, 0.3) is 0 Å². The van der Waals surface area contributed by atoms with Crippen LogP contribution in [0.1, 0.15) is 11.3 Å². The summed E-state index contributed by atoms with van der Waals surface area (Å²) in [6, 6.07) is 6.31. The maximum Gasteiger partial charge on any atom is 0.0494 e. The van der Waals surface area contributed by atoms with Gasteiger partial charge in [-0.3, -0.25) is 0 Å². The van der Waals surface area contributed by atoms with Crippen LogP contribution in [0, 0.1) is 6.92 Å². The van der Waals surface area contributed by atoms with E-state index in [0.717, 1.165) is 10.2 Å². The van der Waals surface area contributed by atoms with E-state index in [0.29, 0.717) is 6.54 Å². The van der Waals surface area contributed by atoms with Crippen LogP contribution in [0.5, 0.6) is 0 Å². The molecule has 0 aliphatic carbocycles. The van der Waals surface area contributed by atoms with Gasteiger partial charge in [-0.05, 0) is 34.5 Å². The molecular formula is C11H13BrN2. The summed E-state index contributed by atoms with van der Waals surface area (Å²) in [5, 5.41) is 1.27. The average Bonchev–Trinajstić information content (AvgIpc) is 2.41. The monoisotopic (exact) mass is 252 g/mol. The van der Waals surface area contributed by atoms with Gasteiger partial charge in [0, 0.05) is 34.7 Å². The maximum atomic E-state index is 5.71. The zero-order chi connectivity index (χ0) is 10.3. The van der Waals surface area contributed by atoms with E-state index in [4.69, 9.17) is 5.73 Å². The number of hydrogen-bond acceptors (Lipinski definition) is 1. The maximum absolute atomic E-state index is 5.71. The Morgan fingerprint density at radius 2 is 2.14 bits per heavy atom. The van der Waals surface area contributed by atoms with Crippen molar-refractivity contribution in [2.45, 2.75) is 13.5 Å². The normalized spacial score (nSPS) is 11.1. The zero-order valence-electron chi connectivity index (χ0n) is 8.34. The minimum Gasteiger partial charge on any atom is -0.345 e. The number of nitrogens with zero attached hydrogens (tertiary/aromatic N) is 1. The molecule has 2 rings (SSSR count). The highest BCUT2D eigenvalue weighted by molar-refractivity contribution is 9.10. The molecule has 1 aromatic heterocycles. The minimum atomic E-state index is 0.561. The lowest BCUT2D eigenvalue weighted by atomic mass is 10.1. The van der Waals surface area contributed by atoms with Crippen molar-refractivity contribution in [1.82, 2.24) is 4.57 Å². The van der Waals surface area contributed by atoms with Gasteiger partial charge in [-0.25, -0.2) is 0 Å². The molecular weight excluding hydrogens is 240 g/mol. The third-order valence-electron chi connectivity index (χ3n) is 2.68. The molecule has 0 fully saturated rings. The van der Waals surface area contributed by atoms with Crippen molar-refractivity contribution in [2.75, 3.05) is 0 Å². The van der Waals surface area contributed by atoms with Gasteiger partial charge < -0.3 is 10.3 Å². The van der Waals surface area contributed by atoms with E-state index in [-0.39, 0.29) is 0 Å². The molecule has 14 heavy (non-hydrogen) atoms. The Morgan fingerprint density at radius 3 is 2.71 bits per heavy atom. The summed E-state index contributed by atoms with van der Waals surface area (Å²) in [6.45, 7) is 2.68. The SMILES string of the molecule is Cc1cccc2c1c(Br)c(CN)n2C. The van der Waals surface area contributed by atoms with E-state index in [1.165, 1.54) is 16.5 Å². The fraction of sp³-hybridized carbons (Fsp3) is 0.273. The van der Waals surface area contributed by atoms with Gasteiger partial charge in [-0.15, -0.1) is 0 Å². The van der Waals surface area contributed by atoms with Gasteiger partial charge in [0.05, 0.1) is 0 Å². The predicted molar refractivity (Wildman–Crippen MR) is 63.2 cm³/mol. The minimum absolute atomic E-state index is 0.561. The Morgan fingerprint density at radius 1 is 1.43 bits per heavy atom. The van der Waals surface area contributed by atoms with Crippen LogP contribution >= 0.6 is 15.9 Å². The van der Waals surface area contributed by atoms with Crippen LogP contribution < -0.4 is 5.73 Å². The van der Waals surface area contributed by atoms with E-state index in [2.05, 4.69) is 52.7 Å². The molecule has 0 radical (unpaired) electrons. The van der Waals surface area contributed by atoms with Crippen LogP contribution in [0.15, 0.2) is 22.7 Å². The van der Waals surface area contributed by atoms with Crippen molar-refractivity contribution >= 4 is 26.8 Å². The second kappa shape index (κ2) is 3.41. The molecule has 0 spiro atoms. The summed E-state index contributed by atoms with van der Waals surface area (Å²) in [6.07, 6.45) is 0. The Bertz CT molecular complexity index is 485. The molecule has 3 heteroatoms. The Balaban J connectivity index is 2.94. The van der Waals surface area contributed by atoms with E-state index < -0.39 is 0 Å². The van der Waals surface area contributed by atoms with Gasteiger partial charge in [0.15, 0.2) is 0 Å². The molecule has 0 aliphatic heterocycles. The van der Waals surface area contributed by atoms with Crippen molar-refractivity contribution in [2.24, 2.45) is 12.8 Å². The van der Waals surface area contributed by atoms with Crippen LogP contribution in [0.3, 0.4) is 0 Å². The first kappa shape index (κ1) is 9.74. The van der Waals surface area contributed by atoms with Crippen molar-refractivity contribution in [3.63, 3.8) is 0 Å². The van der Waals surface area contributed by atoms with Gasteiger partial charge >= 0.3 is 0 Å². The number of fused-ring (bicyclic) bond motifs is 1. The van der Waals surface area contributed by atoms with Crippen LogP contribution in [0.2, 0.25) is 0 Å². The molecule has 1 heterocycles. The highest BCUT2D eigenvalue weighted by atomic mass is 79.9. The van der Waals surface area contributed by atoms with Crippen LogP contribution in [0.25, 0.3) is 10.9 Å². The highest BCUT2D eigenvalue weighted by Crippen LogP contribution is 2.32. The standard InChI is InChI=1S/C11H13BrN2/c1-7-4-3-5-8-10(7)11(12)9(6-13)14(8)2/h3-5H,6,13H2,1-2H3. The third-order valence-corrected chi connectivity index (χ3v) is 3.54. The summed E-state index contributed by atoms with van der Waals surface area (Å²) < 4.78 is 3.28. The molecule has 2 N–H and O–H groups in total. The number of benzene rings is 1. The Labute approximate surface area is 91.8 Å². The molecule has 1 aromatic carbocycles. The van der Waals surface area contributed by atoms with E-state index in [1.807, 2.05) is 0 Å². The number of aryl methyl sites for hydroxylation is 2. The predicted octanol–water partition coefficient (Wildman–Crippen LogP) is 2.71. The molecule has 0 amide bonds. The summed E-state index contributed by atoms with van der Waals surface area (Å²) in [4.78, 5) is 0. The molecule has 0 aliphatic rings. The van der Waals surface area contributed by atoms with Crippen molar-refractivity contribution in [3.8, 4) is 0 Å². The van der Waals surface area contributed by atoms with Crippen molar-refractivity contribution < 1.29 is 0 Å². The van der Waals surface area contributed by atoms with Crippen molar-refractivity contribution in [1.29, 1.82) is 0 Å². The van der Waals surface area contributed by atoms with Gasteiger partial charge in [-0.1, -0.05) is 12.1 Å². The van der Waals surface area contributed by atoms with Crippen LogP contribution in [-0.4, -0.2) is 4.57 Å².